The Balaban J connectivity index is 1.42. The number of benzene rings is 3. The minimum Gasteiger partial charge on any atom is -0.493 e. The molecule has 0 atom stereocenters. The van der Waals surface area contributed by atoms with Gasteiger partial charge in [-0.3, -0.25) is 4.68 Å². The Bertz CT molecular complexity index is 1810. The minimum absolute atomic E-state index is 0.250. The Kier molecular flexibility index (Phi) is 7.92. The van der Waals surface area contributed by atoms with E-state index in [2.05, 4.69) is 6.92 Å². The second kappa shape index (κ2) is 11.8. The van der Waals surface area contributed by atoms with Crippen LogP contribution < -0.4 is 4.74 Å². The zero-order valence-corrected chi connectivity index (χ0v) is 24.5. The van der Waals surface area contributed by atoms with Crippen molar-refractivity contribution in [1.29, 1.82) is 0 Å². The number of hydrogen-bond donors (Lipinski definition) is 1. The van der Waals surface area contributed by atoms with Gasteiger partial charge in [0.1, 0.15) is 17.3 Å². The first-order chi connectivity index (χ1) is 20.4. The molecule has 0 spiro atoms. The fourth-order valence-corrected chi connectivity index (χ4v) is 6.57. The molecule has 0 aliphatic carbocycles. The largest absolute Gasteiger partial charge is 0.493 e. The number of halogens is 2. The summed E-state index contributed by atoms with van der Waals surface area (Å²) in [6.45, 7) is 3.83. The summed E-state index contributed by atoms with van der Waals surface area (Å²) in [7, 11) is 1.95. The number of hydrogen-bond acceptors (Lipinski definition) is 4. The third kappa shape index (κ3) is 5.03. The average Bonchev–Trinajstić information content (AvgIpc) is 3.44. The Labute approximate surface area is 248 Å². The lowest BCUT2D eigenvalue weighted by Crippen LogP contribution is -2.15. The van der Waals surface area contributed by atoms with Crippen molar-refractivity contribution in [1.82, 2.24) is 14.3 Å². The first-order valence-corrected chi connectivity index (χ1v) is 14.8. The van der Waals surface area contributed by atoms with Crippen LogP contribution in [0.5, 0.6) is 5.75 Å². The van der Waals surface area contributed by atoms with Crippen molar-refractivity contribution in [2.45, 2.75) is 45.6 Å². The molecule has 0 saturated heterocycles. The van der Waals surface area contributed by atoms with Crippen molar-refractivity contribution >= 4 is 39.2 Å². The second-order valence-electron chi connectivity index (χ2n) is 10.6. The topological polar surface area (TPSA) is 78.5 Å². The van der Waals surface area contributed by atoms with E-state index in [1.54, 1.807) is 6.07 Å². The number of aromatic carboxylic acids is 1. The number of rotatable bonds is 7. The summed E-state index contributed by atoms with van der Waals surface area (Å²) in [5, 5.41) is 18.4. The van der Waals surface area contributed by atoms with Gasteiger partial charge in [0.2, 0.25) is 0 Å². The monoisotopic (exact) mass is 589 g/mol. The van der Waals surface area contributed by atoms with E-state index in [0.29, 0.717) is 50.0 Å². The molecule has 0 radical (unpaired) electrons. The van der Waals surface area contributed by atoms with Crippen LogP contribution in [-0.4, -0.2) is 45.2 Å². The van der Waals surface area contributed by atoms with Gasteiger partial charge in [-0.1, -0.05) is 36.7 Å². The van der Waals surface area contributed by atoms with E-state index in [1.807, 2.05) is 46.6 Å². The normalized spacial score (nSPS) is 13.7. The van der Waals surface area contributed by atoms with Crippen LogP contribution in [0.3, 0.4) is 0 Å². The molecule has 42 heavy (non-hydrogen) atoms. The summed E-state index contributed by atoms with van der Waals surface area (Å²) in [6, 6.07) is 14.0. The van der Waals surface area contributed by atoms with E-state index >= 15 is 0 Å². The number of carbonyl (C=O) groups is 1. The average molecular weight is 590 g/mol. The molecule has 218 valence electrons. The number of ether oxygens (including phenoxy) is 2. The molecule has 0 amide bonds. The summed E-state index contributed by atoms with van der Waals surface area (Å²) in [4.78, 5) is 12.8. The summed E-state index contributed by atoms with van der Waals surface area (Å²) in [5.74, 6) is -0.611. The third-order valence-electron chi connectivity index (χ3n) is 8.10. The van der Waals surface area contributed by atoms with Crippen LogP contribution in [0.1, 0.15) is 47.2 Å². The van der Waals surface area contributed by atoms with E-state index in [4.69, 9.17) is 26.2 Å². The van der Waals surface area contributed by atoms with Gasteiger partial charge >= 0.3 is 5.97 Å². The second-order valence-corrected chi connectivity index (χ2v) is 11.0. The predicted molar refractivity (Wildman–Crippen MR) is 162 cm³/mol. The van der Waals surface area contributed by atoms with E-state index in [-0.39, 0.29) is 11.5 Å². The Morgan fingerprint density at radius 3 is 2.79 bits per heavy atom. The van der Waals surface area contributed by atoms with Crippen molar-refractivity contribution in [3.05, 3.63) is 82.0 Å². The number of nitrogens with zero attached hydrogens (tertiary/aromatic N) is 3. The highest BCUT2D eigenvalue weighted by atomic mass is 35.5. The Morgan fingerprint density at radius 1 is 1.14 bits per heavy atom. The summed E-state index contributed by atoms with van der Waals surface area (Å²) >= 11 is 6.96. The molecule has 0 saturated carbocycles. The van der Waals surface area contributed by atoms with Gasteiger partial charge in [-0.2, -0.15) is 5.10 Å². The van der Waals surface area contributed by atoms with Crippen molar-refractivity contribution in [2.24, 2.45) is 7.05 Å². The van der Waals surface area contributed by atoms with Gasteiger partial charge in [0.05, 0.1) is 29.4 Å². The zero-order chi connectivity index (χ0) is 29.4. The molecule has 1 N–H and O–H groups in total. The lowest BCUT2D eigenvalue weighted by atomic mass is 9.96. The van der Waals surface area contributed by atoms with E-state index in [9.17, 15) is 14.3 Å². The van der Waals surface area contributed by atoms with Crippen LogP contribution >= 0.6 is 11.6 Å². The number of carboxylic acid groups (broad SMARTS) is 1. The van der Waals surface area contributed by atoms with Crippen LogP contribution in [0.2, 0.25) is 5.02 Å². The van der Waals surface area contributed by atoms with Crippen LogP contribution in [0.25, 0.3) is 32.8 Å². The van der Waals surface area contributed by atoms with Gasteiger partial charge in [-0.05, 0) is 73.4 Å². The minimum atomic E-state index is -0.989. The maximum Gasteiger partial charge on any atom is 0.352 e. The molecule has 0 bridgehead atoms. The van der Waals surface area contributed by atoms with Crippen molar-refractivity contribution in [3.63, 3.8) is 0 Å². The maximum atomic E-state index is 13.7. The summed E-state index contributed by atoms with van der Waals surface area (Å²) in [6.07, 6.45) is 3.40. The zero-order valence-electron chi connectivity index (χ0n) is 23.8. The fraction of sp³-hybridized carbons (Fsp3) is 0.333. The van der Waals surface area contributed by atoms with Gasteiger partial charge < -0.3 is 19.1 Å². The first kappa shape index (κ1) is 28.2. The molecular formula is C33H33ClFN3O4. The lowest BCUT2D eigenvalue weighted by molar-refractivity contribution is 0.0679. The van der Waals surface area contributed by atoms with Crippen molar-refractivity contribution in [2.75, 3.05) is 19.8 Å². The van der Waals surface area contributed by atoms with Crippen molar-refractivity contribution in [3.8, 4) is 16.9 Å². The summed E-state index contributed by atoms with van der Waals surface area (Å²) in [5.41, 5.74) is 5.65. The third-order valence-corrected chi connectivity index (χ3v) is 8.41. The van der Waals surface area contributed by atoms with E-state index in [1.165, 1.54) is 12.1 Å². The molecule has 0 unspecified atom stereocenters. The molecule has 7 nitrogen and oxygen atoms in total. The Hall–Kier alpha value is -3.88. The molecule has 0 fully saturated rings. The van der Waals surface area contributed by atoms with Gasteiger partial charge in [-0.25, -0.2) is 9.18 Å². The molecule has 3 heterocycles. The fourth-order valence-electron chi connectivity index (χ4n) is 6.32. The standard InChI is InChI=1S/C33H33ClFN3O4/c1-3-27-30-26(36-37(27)2)9-6-16-41-18-15-38-31-24(13-14-25(34)29(30)31)23(32(38)33(39)40)8-5-17-42-28-10-4-7-20-19-21(35)11-12-22(20)28/h4,7,10-14,19H,3,5-6,8-9,15-18H2,1-2H3,(H,39,40). The van der Waals surface area contributed by atoms with Crippen LogP contribution in [-0.2, 0) is 37.6 Å². The molecule has 5 aromatic rings. The molecule has 6 rings (SSSR count). The smallest absolute Gasteiger partial charge is 0.352 e. The molecule has 1 aliphatic heterocycles. The van der Waals surface area contributed by atoms with Gasteiger partial charge in [0.25, 0.3) is 0 Å². The molecule has 1 aliphatic rings. The van der Waals surface area contributed by atoms with Gasteiger partial charge in [0.15, 0.2) is 0 Å². The highest BCUT2D eigenvalue weighted by molar-refractivity contribution is 6.35. The number of aromatic nitrogens is 3. The number of aryl methyl sites for hydroxylation is 3. The first-order valence-electron chi connectivity index (χ1n) is 14.4. The van der Waals surface area contributed by atoms with Crippen LogP contribution in [0.4, 0.5) is 4.39 Å². The molecule has 9 heteroatoms. The van der Waals surface area contributed by atoms with Crippen LogP contribution in [0.15, 0.2) is 48.5 Å². The molecular weight excluding hydrogens is 557 g/mol. The summed E-state index contributed by atoms with van der Waals surface area (Å²) < 4.78 is 29.5. The quantitative estimate of drug-likeness (QED) is 0.203. The number of fused-ring (bicyclic) bond motifs is 3. The van der Waals surface area contributed by atoms with E-state index in [0.717, 1.165) is 69.0 Å². The maximum absolute atomic E-state index is 13.7. The van der Waals surface area contributed by atoms with Crippen molar-refractivity contribution < 1.29 is 23.8 Å². The highest BCUT2D eigenvalue weighted by Crippen LogP contribution is 2.43. The van der Waals surface area contributed by atoms with E-state index < -0.39 is 5.97 Å². The molecule has 2 aromatic heterocycles. The van der Waals surface area contributed by atoms with Crippen LogP contribution in [0, 0.1) is 5.82 Å². The van der Waals surface area contributed by atoms with Gasteiger partial charge in [0, 0.05) is 47.8 Å². The Morgan fingerprint density at radius 2 is 1.98 bits per heavy atom. The lowest BCUT2D eigenvalue weighted by Gasteiger charge is -2.14. The number of carboxylic acids is 1. The SMILES string of the molecule is CCc1c2c(nn1C)CCCOCCn1c(C(=O)O)c(CCCOc3cccc4cc(F)ccc34)c3ccc(Cl)c-2c31. The van der Waals surface area contributed by atoms with Gasteiger partial charge in [-0.15, -0.1) is 0 Å². The predicted octanol–water partition coefficient (Wildman–Crippen LogP) is 7.22. The highest BCUT2D eigenvalue weighted by Gasteiger charge is 2.29. The molecule has 3 aromatic carbocycles.